The molecule has 0 spiro atoms. The van der Waals surface area contributed by atoms with E-state index in [1.807, 2.05) is 0 Å². The van der Waals surface area contributed by atoms with Crippen LogP contribution in [-0.2, 0) is 23.9 Å². The van der Waals surface area contributed by atoms with Gasteiger partial charge in [-0.25, -0.2) is 4.79 Å². The van der Waals surface area contributed by atoms with Crippen LogP contribution in [0.15, 0.2) is 48.6 Å². The Morgan fingerprint density at radius 1 is 0.526 bits per heavy atom. The van der Waals surface area contributed by atoms with E-state index in [9.17, 15) is 19.2 Å². The third kappa shape index (κ3) is 39.4. The number of hydrogen-bond donors (Lipinski definition) is 4. The number of carbonyl (C=O) groups is 4. The van der Waals surface area contributed by atoms with Gasteiger partial charge in [0.15, 0.2) is 0 Å². The molecule has 2 atom stereocenters. The molecule has 0 heterocycles. The number of ether oxygens (including phenoxy) is 1. The quantitative estimate of drug-likeness (QED) is 0.0274. The zero-order chi connectivity index (χ0) is 41.9. The number of hydrogen-bond acceptors (Lipinski definition) is 6. The molecule has 0 saturated heterocycles. The van der Waals surface area contributed by atoms with Gasteiger partial charge in [-0.15, -0.1) is 0 Å². The van der Waals surface area contributed by atoms with Crippen LogP contribution in [0.3, 0.4) is 0 Å². The van der Waals surface area contributed by atoms with Crippen LogP contribution in [0.1, 0.15) is 206 Å². The number of carboxylic acid groups (broad SMARTS) is 1. The average molecular weight is 801 g/mol. The molecular formula is C48H84N2O7. The van der Waals surface area contributed by atoms with Crippen molar-refractivity contribution >= 4 is 23.8 Å². The van der Waals surface area contributed by atoms with E-state index >= 15 is 0 Å². The number of esters is 1. The van der Waals surface area contributed by atoms with Crippen molar-refractivity contribution < 1.29 is 34.1 Å². The van der Waals surface area contributed by atoms with Crippen LogP contribution in [0.5, 0.6) is 0 Å². The number of nitrogens with one attached hydrogen (secondary N) is 2. The molecule has 9 nitrogen and oxygen atoms in total. The SMILES string of the molecule is CCCCC/C=C\C/C=C\CCCC(CCCCCCCC(=O)NCC(=O)NC(CO)C(=O)O)OC(=O)CCCCCCCCC/C=C\C/C=C\CCCCCC. The van der Waals surface area contributed by atoms with Crippen molar-refractivity contribution in [2.45, 2.75) is 219 Å². The fourth-order valence-corrected chi connectivity index (χ4v) is 6.49. The summed E-state index contributed by atoms with van der Waals surface area (Å²) in [6.07, 6.45) is 49.9. The van der Waals surface area contributed by atoms with Gasteiger partial charge in [-0.2, -0.15) is 0 Å². The number of amides is 2. The molecular weight excluding hydrogens is 717 g/mol. The van der Waals surface area contributed by atoms with Crippen molar-refractivity contribution in [3.8, 4) is 0 Å². The lowest BCUT2D eigenvalue weighted by atomic mass is 10.0. The summed E-state index contributed by atoms with van der Waals surface area (Å²) in [7, 11) is 0. The van der Waals surface area contributed by atoms with E-state index in [4.69, 9.17) is 14.9 Å². The van der Waals surface area contributed by atoms with Gasteiger partial charge >= 0.3 is 11.9 Å². The second-order valence-corrected chi connectivity index (χ2v) is 15.5. The first-order valence-electron chi connectivity index (χ1n) is 23.0. The highest BCUT2D eigenvalue weighted by Crippen LogP contribution is 2.18. The molecule has 57 heavy (non-hydrogen) atoms. The smallest absolute Gasteiger partial charge is 0.328 e. The molecule has 2 amide bonds. The number of aliphatic hydroxyl groups is 1. The molecule has 0 aliphatic heterocycles. The van der Waals surface area contributed by atoms with Gasteiger partial charge in [0.1, 0.15) is 12.1 Å². The highest BCUT2D eigenvalue weighted by Gasteiger charge is 2.19. The molecule has 0 radical (unpaired) electrons. The molecule has 2 unspecified atom stereocenters. The summed E-state index contributed by atoms with van der Waals surface area (Å²) >= 11 is 0. The zero-order valence-corrected chi connectivity index (χ0v) is 36.3. The largest absolute Gasteiger partial charge is 0.480 e. The predicted molar refractivity (Wildman–Crippen MR) is 236 cm³/mol. The molecule has 0 aromatic heterocycles. The lowest BCUT2D eigenvalue weighted by Crippen LogP contribution is -2.47. The second-order valence-electron chi connectivity index (χ2n) is 15.5. The Kier molecular flexibility index (Phi) is 40.0. The van der Waals surface area contributed by atoms with Crippen LogP contribution in [-0.4, -0.2) is 59.3 Å². The van der Waals surface area contributed by atoms with Gasteiger partial charge in [0.25, 0.3) is 0 Å². The van der Waals surface area contributed by atoms with Gasteiger partial charge in [0.05, 0.1) is 13.2 Å². The first-order valence-corrected chi connectivity index (χ1v) is 23.0. The van der Waals surface area contributed by atoms with Crippen molar-refractivity contribution in [1.29, 1.82) is 0 Å². The van der Waals surface area contributed by atoms with E-state index in [1.54, 1.807) is 0 Å². The minimum Gasteiger partial charge on any atom is -0.480 e. The van der Waals surface area contributed by atoms with E-state index < -0.39 is 24.5 Å². The Morgan fingerprint density at radius 3 is 1.51 bits per heavy atom. The summed E-state index contributed by atoms with van der Waals surface area (Å²) in [5.41, 5.74) is 0. The molecule has 9 heteroatoms. The average Bonchev–Trinajstić information content (AvgIpc) is 3.20. The molecule has 0 saturated carbocycles. The summed E-state index contributed by atoms with van der Waals surface area (Å²) in [6, 6.07) is -1.39. The van der Waals surface area contributed by atoms with Gasteiger partial charge < -0.3 is 25.6 Å². The molecule has 0 fully saturated rings. The lowest BCUT2D eigenvalue weighted by Gasteiger charge is -2.18. The summed E-state index contributed by atoms with van der Waals surface area (Å²) in [5.74, 6) is -2.33. The molecule has 0 aliphatic rings. The maximum absolute atomic E-state index is 12.8. The zero-order valence-electron chi connectivity index (χ0n) is 36.3. The Morgan fingerprint density at radius 2 is 0.965 bits per heavy atom. The van der Waals surface area contributed by atoms with Gasteiger partial charge in [0, 0.05) is 12.8 Å². The Hall–Kier alpha value is -3.20. The van der Waals surface area contributed by atoms with Crippen molar-refractivity contribution in [1.82, 2.24) is 10.6 Å². The molecule has 0 aromatic carbocycles. The second kappa shape index (κ2) is 42.4. The van der Waals surface area contributed by atoms with Crippen LogP contribution in [0.25, 0.3) is 0 Å². The van der Waals surface area contributed by atoms with Gasteiger partial charge in [-0.1, -0.05) is 146 Å². The Labute approximate surface area is 348 Å². The number of carboxylic acids is 1. The van der Waals surface area contributed by atoms with Crippen molar-refractivity contribution in [2.24, 2.45) is 0 Å². The van der Waals surface area contributed by atoms with Crippen LogP contribution in [0.4, 0.5) is 0 Å². The fourth-order valence-electron chi connectivity index (χ4n) is 6.49. The van der Waals surface area contributed by atoms with E-state index in [1.165, 1.54) is 89.9 Å². The maximum atomic E-state index is 12.8. The Bertz CT molecular complexity index is 1100. The van der Waals surface area contributed by atoms with Crippen molar-refractivity contribution in [3.05, 3.63) is 48.6 Å². The first-order chi connectivity index (χ1) is 27.8. The molecule has 0 bridgehead atoms. The van der Waals surface area contributed by atoms with Crippen molar-refractivity contribution in [3.63, 3.8) is 0 Å². The molecule has 0 aromatic rings. The van der Waals surface area contributed by atoms with E-state index in [2.05, 4.69) is 73.1 Å². The van der Waals surface area contributed by atoms with Gasteiger partial charge in [-0.05, 0) is 96.3 Å². The summed E-state index contributed by atoms with van der Waals surface area (Å²) < 4.78 is 6.01. The lowest BCUT2D eigenvalue weighted by molar-refractivity contribution is -0.150. The first kappa shape index (κ1) is 53.8. The normalized spacial score (nSPS) is 12.9. The van der Waals surface area contributed by atoms with E-state index in [-0.39, 0.29) is 30.9 Å². The van der Waals surface area contributed by atoms with Gasteiger partial charge in [-0.3, -0.25) is 14.4 Å². The summed E-state index contributed by atoms with van der Waals surface area (Å²) in [5, 5.41) is 22.6. The minimum absolute atomic E-state index is 0.0616. The summed E-state index contributed by atoms with van der Waals surface area (Å²) in [4.78, 5) is 47.6. The highest BCUT2D eigenvalue weighted by molar-refractivity contribution is 5.87. The van der Waals surface area contributed by atoms with Gasteiger partial charge in [0.2, 0.25) is 11.8 Å². The number of allylic oxidation sites excluding steroid dienone is 8. The minimum atomic E-state index is -1.39. The molecule has 0 rings (SSSR count). The van der Waals surface area contributed by atoms with Crippen LogP contribution in [0.2, 0.25) is 0 Å². The van der Waals surface area contributed by atoms with E-state index in [0.717, 1.165) is 83.5 Å². The predicted octanol–water partition coefficient (Wildman–Crippen LogP) is 11.5. The third-order valence-electron chi connectivity index (χ3n) is 10.0. The number of rotatable bonds is 41. The van der Waals surface area contributed by atoms with Crippen LogP contribution >= 0.6 is 0 Å². The van der Waals surface area contributed by atoms with Crippen LogP contribution < -0.4 is 10.6 Å². The molecule has 4 N–H and O–H groups in total. The number of aliphatic carboxylic acids is 1. The van der Waals surface area contributed by atoms with Crippen LogP contribution in [0, 0.1) is 0 Å². The summed E-state index contributed by atoms with van der Waals surface area (Å²) in [6.45, 7) is 3.43. The molecule has 0 aliphatic carbocycles. The highest BCUT2D eigenvalue weighted by atomic mass is 16.5. The monoisotopic (exact) mass is 801 g/mol. The van der Waals surface area contributed by atoms with Crippen molar-refractivity contribution in [2.75, 3.05) is 13.2 Å². The number of carbonyl (C=O) groups excluding carboxylic acids is 3. The fraction of sp³-hybridized carbons (Fsp3) is 0.750. The number of aliphatic hydroxyl groups excluding tert-OH is 1. The molecule has 328 valence electrons. The van der Waals surface area contributed by atoms with E-state index in [0.29, 0.717) is 12.8 Å². The standard InChI is InChI=1S/C48H84N2O7/c1-3-5-7-9-11-13-15-16-17-18-19-20-21-23-25-27-32-36-40-47(54)57-43(37-33-29-26-24-22-14-12-10-8-6-4-2)38-34-30-28-31-35-39-45(52)49-41-46(53)50-44(42-51)48(55)56/h12-15,17-18,24,26,43-44,51H,3-11,16,19-23,25,27-42H2,1-2H3,(H,49,52)(H,50,53)(H,55,56)/b14-12-,15-13-,18-17-,26-24-. The third-order valence-corrected chi connectivity index (χ3v) is 10.0. The topological polar surface area (TPSA) is 142 Å². The Balaban J connectivity index is 4.33. The number of unbranched alkanes of at least 4 members (excludes halogenated alkanes) is 19. The maximum Gasteiger partial charge on any atom is 0.328 e.